The second kappa shape index (κ2) is 8.92. The third-order valence-electron chi connectivity index (χ3n) is 5.25. The van der Waals surface area contributed by atoms with Crippen molar-refractivity contribution in [1.29, 1.82) is 0 Å². The van der Waals surface area contributed by atoms with Crippen molar-refractivity contribution < 1.29 is 4.74 Å². The Balaban J connectivity index is 1.72. The quantitative estimate of drug-likeness (QED) is 0.423. The van der Waals surface area contributed by atoms with E-state index in [1.54, 1.807) is 13.2 Å². The van der Waals surface area contributed by atoms with Gasteiger partial charge in [-0.3, -0.25) is 9.69 Å². The summed E-state index contributed by atoms with van der Waals surface area (Å²) in [5.41, 5.74) is 3.79. The van der Waals surface area contributed by atoms with E-state index >= 15 is 0 Å². The van der Waals surface area contributed by atoms with Crippen LogP contribution in [0.3, 0.4) is 0 Å². The van der Waals surface area contributed by atoms with Gasteiger partial charge in [-0.2, -0.15) is 5.10 Å². The zero-order valence-corrected chi connectivity index (χ0v) is 18.6. The van der Waals surface area contributed by atoms with E-state index < -0.39 is 0 Å². The van der Waals surface area contributed by atoms with Gasteiger partial charge in [0.2, 0.25) is 0 Å². The number of halogens is 1. The molecule has 0 radical (unpaired) electrons. The molecule has 0 spiro atoms. The molecule has 31 heavy (non-hydrogen) atoms. The Morgan fingerprint density at radius 2 is 1.74 bits per heavy atom. The SMILES string of the molecule is COc1ccc(Cl)cc1CN(C)Cn1nc(-c2ccc(C)cc2)c2ccccc2c1=O. The molecular weight excluding hydrogens is 410 g/mol. The van der Waals surface area contributed by atoms with Crippen LogP contribution >= 0.6 is 11.6 Å². The largest absolute Gasteiger partial charge is 0.496 e. The number of nitrogens with zero attached hydrogens (tertiary/aromatic N) is 3. The topological polar surface area (TPSA) is 47.4 Å². The maximum atomic E-state index is 13.2. The Morgan fingerprint density at radius 1 is 1.03 bits per heavy atom. The molecule has 4 rings (SSSR count). The van der Waals surface area contributed by atoms with E-state index in [9.17, 15) is 4.79 Å². The summed E-state index contributed by atoms with van der Waals surface area (Å²) in [6.07, 6.45) is 0. The average molecular weight is 434 g/mol. The van der Waals surface area contributed by atoms with Gasteiger partial charge in [0, 0.05) is 28.1 Å². The van der Waals surface area contributed by atoms with Crippen molar-refractivity contribution in [2.75, 3.05) is 14.2 Å². The van der Waals surface area contributed by atoms with Gasteiger partial charge in [0.1, 0.15) is 5.75 Å². The minimum absolute atomic E-state index is 0.114. The lowest BCUT2D eigenvalue weighted by Crippen LogP contribution is -2.32. The Bertz CT molecular complexity index is 1280. The van der Waals surface area contributed by atoms with Crippen LogP contribution in [0.2, 0.25) is 5.02 Å². The van der Waals surface area contributed by atoms with Crippen molar-refractivity contribution in [3.63, 3.8) is 0 Å². The zero-order chi connectivity index (χ0) is 22.0. The Hall–Kier alpha value is -3.15. The summed E-state index contributed by atoms with van der Waals surface area (Å²) < 4.78 is 6.97. The van der Waals surface area contributed by atoms with Gasteiger partial charge in [-0.05, 0) is 38.2 Å². The molecule has 0 aliphatic heterocycles. The summed E-state index contributed by atoms with van der Waals surface area (Å²) in [6.45, 7) is 2.94. The molecule has 1 heterocycles. The third-order valence-corrected chi connectivity index (χ3v) is 5.49. The molecule has 5 nitrogen and oxygen atoms in total. The Morgan fingerprint density at radius 3 is 2.45 bits per heavy atom. The lowest BCUT2D eigenvalue weighted by molar-refractivity contribution is 0.238. The van der Waals surface area contributed by atoms with Crippen molar-refractivity contribution in [3.8, 4) is 17.0 Å². The second-order valence-electron chi connectivity index (χ2n) is 7.68. The van der Waals surface area contributed by atoms with Crippen molar-refractivity contribution in [1.82, 2.24) is 14.7 Å². The molecule has 0 saturated carbocycles. The van der Waals surface area contributed by atoms with Gasteiger partial charge in [-0.15, -0.1) is 0 Å². The molecule has 3 aromatic carbocycles. The highest BCUT2D eigenvalue weighted by Gasteiger charge is 2.14. The number of hydrogen-bond donors (Lipinski definition) is 0. The van der Waals surface area contributed by atoms with Crippen LogP contribution in [-0.4, -0.2) is 28.8 Å². The van der Waals surface area contributed by atoms with E-state index in [0.717, 1.165) is 28.0 Å². The Labute approximate surface area is 186 Å². The van der Waals surface area contributed by atoms with E-state index in [0.29, 0.717) is 23.6 Å². The second-order valence-corrected chi connectivity index (χ2v) is 8.11. The molecule has 0 N–H and O–H groups in total. The number of aryl methyl sites for hydroxylation is 1. The van der Waals surface area contributed by atoms with E-state index in [-0.39, 0.29) is 5.56 Å². The fourth-order valence-electron chi connectivity index (χ4n) is 3.70. The number of aromatic nitrogens is 2. The molecule has 0 bridgehead atoms. The predicted octanol–water partition coefficient (Wildman–Crippen LogP) is 5.12. The van der Waals surface area contributed by atoms with Crippen LogP contribution < -0.4 is 10.3 Å². The molecule has 0 aliphatic carbocycles. The lowest BCUT2D eigenvalue weighted by Gasteiger charge is -2.20. The standard InChI is InChI=1S/C25H24ClN3O2/c1-17-8-10-18(11-9-17)24-21-6-4-5-7-22(21)25(30)29(27-24)16-28(2)15-19-14-20(26)12-13-23(19)31-3/h4-14H,15-16H2,1-3H3. The van der Waals surface area contributed by atoms with E-state index in [2.05, 4.69) is 19.1 Å². The number of fused-ring (bicyclic) bond motifs is 1. The molecular formula is C25H24ClN3O2. The van der Waals surface area contributed by atoms with Gasteiger partial charge in [0.25, 0.3) is 5.56 Å². The first kappa shape index (κ1) is 21.1. The maximum absolute atomic E-state index is 13.2. The van der Waals surface area contributed by atoms with Crippen molar-refractivity contribution in [2.24, 2.45) is 0 Å². The minimum Gasteiger partial charge on any atom is -0.496 e. The van der Waals surface area contributed by atoms with Crippen LogP contribution in [0, 0.1) is 6.92 Å². The fourth-order valence-corrected chi connectivity index (χ4v) is 3.89. The van der Waals surface area contributed by atoms with Crippen LogP contribution in [0.4, 0.5) is 0 Å². The van der Waals surface area contributed by atoms with Gasteiger partial charge in [0.05, 0.1) is 24.9 Å². The van der Waals surface area contributed by atoms with Crippen molar-refractivity contribution >= 4 is 22.4 Å². The highest BCUT2D eigenvalue weighted by Crippen LogP contribution is 2.26. The summed E-state index contributed by atoms with van der Waals surface area (Å²) >= 11 is 6.17. The lowest BCUT2D eigenvalue weighted by atomic mass is 10.0. The molecule has 4 aromatic rings. The number of benzene rings is 3. The normalized spacial score (nSPS) is 11.3. The zero-order valence-electron chi connectivity index (χ0n) is 17.8. The van der Waals surface area contributed by atoms with E-state index in [1.807, 2.05) is 60.5 Å². The highest BCUT2D eigenvalue weighted by atomic mass is 35.5. The molecule has 0 saturated heterocycles. The van der Waals surface area contributed by atoms with Crippen LogP contribution in [0.25, 0.3) is 22.0 Å². The fraction of sp³-hybridized carbons (Fsp3) is 0.200. The minimum atomic E-state index is -0.114. The third kappa shape index (κ3) is 4.48. The predicted molar refractivity (Wildman–Crippen MR) is 126 cm³/mol. The van der Waals surface area contributed by atoms with Gasteiger partial charge in [-0.1, -0.05) is 59.6 Å². The van der Waals surface area contributed by atoms with Crippen LogP contribution in [0.1, 0.15) is 11.1 Å². The first-order valence-corrected chi connectivity index (χ1v) is 10.4. The van der Waals surface area contributed by atoms with E-state index in [1.165, 1.54) is 10.2 Å². The van der Waals surface area contributed by atoms with Crippen molar-refractivity contribution in [3.05, 3.63) is 93.2 Å². The number of ether oxygens (including phenoxy) is 1. The Kier molecular flexibility index (Phi) is 6.07. The van der Waals surface area contributed by atoms with E-state index in [4.69, 9.17) is 21.4 Å². The molecule has 0 aliphatic rings. The van der Waals surface area contributed by atoms with Gasteiger partial charge in [-0.25, -0.2) is 4.68 Å². The van der Waals surface area contributed by atoms with Crippen LogP contribution in [0.15, 0.2) is 71.5 Å². The summed E-state index contributed by atoms with van der Waals surface area (Å²) in [6, 6.07) is 21.3. The smallest absolute Gasteiger partial charge is 0.275 e. The summed E-state index contributed by atoms with van der Waals surface area (Å²) in [5, 5.41) is 6.90. The van der Waals surface area contributed by atoms with Gasteiger partial charge < -0.3 is 4.74 Å². The number of methoxy groups -OCH3 is 1. The molecule has 6 heteroatoms. The van der Waals surface area contributed by atoms with Crippen LogP contribution in [-0.2, 0) is 13.2 Å². The summed E-state index contributed by atoms with van der Waals surface area (Å²) in [4.78, 5) is 15.2. The summed E-state index contributed by atoms with van der Waals surface area (Å²) in [5.74, 6) is 0.760. The number of hydrogen-bond acceptors (Lipinski definition) is 4. The molecule has 1 aromatic heterocycles. The van der Waals surface area contributed by atoms with Crippen molar-refractivity contribution in [2.45, 2.75) is 20.1 Å². The number of rotatable bonds is 6. The highest BCUT2D eigenvalue weighted by molar-refractivity contribution is 6.30. The van der Waals surface area contributed by atoms with Gasteiger partial charge >= 0.3 is 0 Å². The average Bonchev–Trinajstić information content (AvgIpc) is 2.76. The first-order chi connectivity index (χ1) is 15.0. The van der Waals surface area contributed by atoms with Gasteiger partial charge in [0.15, 0.2) is 0 Å². The molecule has 0 unspecified atom stereocenters. The molecule has 0 atom stereocenters. The van der Waals surface area contributed by atoms with Crippen LogP contribution in [0.5, 0.6) is 5.75 Å². The molecule has 158 valence electrons. The monoisotopic (exact) mass is 433 g/mol. The summed E-state index contributed by atoms with van der Waals surface area (Å²) in [7, 11) is 3.57. The maximum Gasteiger partial charge on any atom is 0.275 e. The molecule has 0 fully saturated rings. The first-order valence-electron chi connectivity index (χ1n) is 10.0. The molecule has 0 amide bonds.